The fourth-order valence-electron chi connectivity index (χ4n) is 0.979. The predicted octanol–water partition coefficient (Wildman–Crippen LogP) is -0.406. The summed E-state index contributed by atoms with van der Waals surface area (Å²) in [5.74, 6) is -2.02. The molecule has 0 aliphatic heterocycles. The number of hydrazone groups is 1. The molecule has 0 aromatic heterocycles. The highest BCUT2D eigenvalue weighted by Gasteiger charge is 2.06. The Bertz CT molecular complexity index is 437. The molecule has 0 unspecified atom stereocenters. The van der Waals surface area contributed by atoms with E-state index in [1.54, 1.807) is 31.2 Å². The molecule has 0 fully saturated rings. The van der Waals surface area contributed by atoms with Crippen LogP contribution >= 0.6 is 0 Å². The van der Waals surface area contributed by atoms with Gasteiger partial charge in [-0.1, -0.05) is 12.1 Å². The van der Waals surface area contributed by atoms with E-state index in [1.165, 1.54) is 0 Å². The third kappa shape index (κ3) is 3.09. The van der Waals surface area contributed by atoms with Gasteiger partial charge in [-0.3, -0.25) is 9.59 Å². The van der Waals surface area contributed by atoms with E-state index < -0.39 is 11.8 Å². The molecule has 1 aromatic carbocycles. The Kier molecular flexibility index (Phi) is 3.60. The fraction of sp³-hybridized carbons (Fsp3) is 0.100. The van der Waals surface area contributed by atoms with Crippen LogP contribution in [0.4, 0.5) is 5.69 Å². The number of carbonyl (C=O) groups is 2. The second-order valence-corrected chi connectivity index (χ2v) is 3.12. The summed E-state index contributed by atoms with van der Waals surface area (Å²) in [5, 5.41) is 3.72. The lowest BCUT2D eigenvalue weighted by molar-refractivity contribution is -0.137. The monoisotopic (exact) mass is 220 g/mol. The Hall–Kier alpha value is -2.37. The molecule has 6 nitrogen and oxygen atoms in total. The third-order valence-electron chi connectivity index (χ3n) is 1.88. The minimum absolute atomic E-state index is 0.551. The smallest absolute Gasteiger partial charge is 0.329 e. The molecule has 0 heterocycles. The van der Waals surface area contributed by atoms with Crippen molar-refractivity contribution < 1.29 is 9.59 Å². The fourth-order valence-corrected chi connectivity index (χ4v) is 0.979. The summed E-state index contributed by atoms with van der Waals surface area (Å²) in [5.41, 5.74) is 14.3. The number of nitrogens with two attached hydrogens (primary N) is 2. The van der Waals surface area contributed by atoms with Gasteiger partial charge in [-0.25, -0.2) is 5.43 Å². The highest BCUT2D eigenvalue weighted by Crippen LogP contribution is 2.06. The third-order valence-corrected chi connectivity index (χ3v) is 1.88. The van der Waals surface area contributed by atoms with Crippen molar-refractivity contribution in [2.24, 2.45) is 10.8 Å². The number of nitrogen functional groups attached to an aromatic ring is 1. The van der Waals surface area contributed by atoms with Crippen molar-refractivity contribution in [3.05, 3.63) is 29.8 Å². The largest absolute Gasteiger partial charge is 0.399 e. The van der Waals surface area contributed by atoms with Crippen molar-refractivity contribution in [3.63, 3.8) is 0 Å². The number of nitrogens with zero attached hydrogens (tertiary/aromatic N) is 1. The maximum Gasteiger partial charge on any atom is 0.329 e. The van der Waals surface area contributed by atoms with E-state index in [-0.39, 0.29) is 0 Å². The quantitative estimate of drug-likeness (QED) is 0.273. The Labute approximate surface area is 92.3 Å². The van der Waals surface area contributed by atoms with E-state index in [9.17, 15) is 9.59 Å². The first-order chi connectivity index (χ1) is 7.50. The highest BCUT2D eigenvalue weighted by atomic mass is 16.2. The average molecular weight is 220 g/mol. The van der Waals surface area contributed by atoms with E-state index >= 15 is 0 Å². The number of benzene rings is 1. The summed E-state index contributed by atoms with van der Waals surface area (Å²) in [6.07, 6.45) is 0. The van der Waals surface area contributed by atoms with E-state index in [1.807, 2.05) is 5.43 Å². The SMILES string of the molecule is C/C(=N/NC(=O)C(N)=O)c1ccc(N)cc1. The first kappa shape index (κ1) is 11.7. The summed E-state index contributed by atoms with van der Waals surface area (Å²) >= 11 is 0. The molecule has 2 amide bonds. The van der Waals surface area contributed by atoms with Crippen molar-refractivity contribution in [1.29, 1.82) is 0 Å². The zero-order valence-corrected chi connectivity index (χ0v) is 8.73. The highest BCUT2D eigenvalue weighted by molar-refractivity contribution is 6.34. The van der Waals surface area contributed by atoms with Gasteiger partial charge >= 0.3 is 11.8 Å². The van der Waals surface area contributed by atoms with Crippen LogP contribution in [0.3, 0.4) is 0 Å². The number of nitrogens with one attached hydrogen (secondary N) is 1. The summed E-state index contributed by atoms with van der Waals surface area (Å²) in [6, 6.07) is 6.93. The summed E-state index contributed by atoms with van der Waals surface area (Å²) in [6.45, 7) is 1.69. The van der Waals surface area contributed by atoms with Gasteiger partial charge in [0.2, 0.25) is 0 Å². The van der Waals surface area contributed by atoms with Gasteiger partial charge in [0.05, 0.1) is 5.71 Å². The lowest BCUT2D eigenvalue weighted by atomic mass is 10.1. The summed E-state index contributed by atoms with van der Waals surface area (Å²) < 4.78 is 0. The molecule has 0 radical (unpaired) electrons. The van der Waals surface area contributed by atoms with Crippen molar-refractivity contribution in [2.75, 3.05) is 5.73 Å². The molecule has 16 heavy (non-hydrogen) atoms. The van der Waals surface area contributed by atoms with Gasteiger partial charge in [0.25, 0.3) is 0 Å². The molecule has 1 aromatic rings. The molecular weight excluding hydrogens is 208 g/mol. The second-order valence-electron chi connectivity index (χ2n) is 3.12. The number of hydrogen-bond acceptors (Lipinski definition) is 4. The lowest BCUT2D eigenvalue weighted by Gasteiger charge is -2.01. The molecule has 0 aliphatic rings. The minimum Gasteiger partial charge on any atom is -0.399 e. The number of rotatable bonds is 2. The minimum atomic E-state index is -1.08. The van der Waals surface area contributed by atoms with Crippen molar-refractivity contribution in [1.82, 2.24) is 5.43 Å². The topological polar surface area (TPSA) is 111 Å². The number of hydrogen-bond donors (Lipinski definition) is 3. The molecule has 0 saturated carbocycles. The molecule has 0 atom stereocenters. The van der Waals surface area contributed by atoms with Gasteiger partial charge in [0.15, 0.2) is 0 Å². The van der Waals surface area contributed by atoms with Gasteiger partial charge in [-0.15, -0.1) is 0 Å². The number of anilines is 1. The maximum atomic E-state index is 10.8. The molecule has 0 aliphatic carbocycles. The van der Waals surface area contributed by atoms with Crippen LogP contribution < -0.4 is 16.9 Å². The molecule has 1 rings (SSSR count). The Morgan fingerprint density at radius 3 is 2.31 bits per heavy atom. The van der Waals surface area contributed by atoms with E-state index in [0.717, 1.165) is 5.56 Å². The number of primary amides is 1. The number of carbonyl (C=O) groups excluding carboxylic acids is 2. The average Bonchev–Trinajstić information content (AvgIpc) is 2.26. The summed E-state index contributed by atoms with van der Waals surface area (Å²) in [4.78, 5) is 21.2. The van der Waals surface area contributed by atoms with Crippen molar-refractivity contribution in [2.45, 2.75) is 6.92 Å². The standard InChI is InChI=1S/C10H12N4O2/c1-6(13-14-10(16)9(12)15)7-2-4-8(11)5-3-7/h2-5H,11H2,1H3,(H2,12,15)(H,14,16)/b13-6-. The molecule has 0 bridgehead atoms. The lowest BCUT2D eigenvalue weighted by Crippen LogP contribution is -2.33. The van der Waals surface area contributed by atoms with Crippen LogP contribution in [0.15, 0.2) is 29.4 Å². The van der Waals surface area contributed by atoms with Gasteiger partial charge in [0.1, 0.15) is 0 Å². The Morgan fingerprint density at radius 2 is 1.81 bits per heavy atom. The molecule has 6 heteroatoms. The van der Waals surface area contributed by atoms with Crippen molar-refractivity contribution >= 4 is 23.2 Å². The van der Waals surface area contributed by atoms with Crippen LogP contribution in [0.25, 0.3) is 0 Å². The van der Waals surface area contributed by atoms with Crippen LogP contribution in [0.5, 0.6) is 0 Å². The Balaban J connectivity index is 2.74. The van der Waals surface area contributed by atoms with Gasteiger partial charge in [-0.2, -0.15) is 5.10 Å². The van der Waals surface area contributed by atoms with E-state index in [4.69, 9.17) is 11.5 Å². The first-order valence-electron chi connectivity index (χ1n) is 4.50. The normalized spacial score (nSPS) is 10.9. The molecule has 0 spiro atoms. The van der Waals surface area contributed by atoms with E-state index in [2.05, 4.69) is 5.10 Å². The van der Waals surface area contributed by atoms with Gasteiger partial charge in [-0.05, 0) is 24.6 Å². The number of amides is 2. The van der Waals surface area contributed by atoms with Crippen molar-refractivity contribution in [3.8, 4) is 0 Å². The first-order valence-corrected chi connectivity index (χ1v) is 4.50. The van der Waals surface area contributed by atoms with Crippen LogP contribution in [0, 0.1) is 0 Å². The zero-order chi connectivity index (χ0) is 12.1. The molecule has 84 valence electrons. The summed E-state index contributed by atoms with van der Waals surface area (Å²) in [7, 11) is 0. The second kappa shape index (κ2) is 4.92. The molecule has 5 N–H and O–H groups in total. The van der Waals surface area contributed by atoms with Crippen LogP contribution in [0.1, 0.15) is 12.5 Å². The maximum absolute atomic E-state index is 10.8. The van der Waals surface area contributed by atoms with Gasteiger partial charge < -0.3 is 11.5 Å². The Morgan fingerprint density at radius 1 is 1.25 bits per heavy atom. The van der Waals surface area contributed by atoms with Gasteiger partial charge in [0, 0.05) is 5.69 Å². The zero-order valence-electron chi connectivity index (χ0n) is 8.73. The van der Waals surface area contributed by atoms with Crippen LogP contribution in [-0.2, 0) is 9.59 Å². The van der Waals surface area contributed by atoms with Crippen LogP contribution in [-0.4, -0.2) is 17.5 Å². The molecular formula is C10H12N4O2. The van der Waals surface area contributed by atoms with Crippen LogP contribution in [0.2, 0.25) is 0 Å². The van der Waals surface area contributed by atoms with E-state index in [0.29, 0.717) is 11.4 Å². The molecule has 0 saturated heterocycles. The predicted molar refractivity (Wildman–Crippen MR) is 60.4 cm³/mol.